The molecule has 0 saturated heterocycles. The van der Waals surface area contributed by atoms with Crippen LogP contribution in [0.2, 0.25) is 0 Å². The van der Waals surface area contributed by atoms with E-state index in [2.05, 4.69) is 73.7 Å². The van der Waals surface area contributed by atoms with Crippen molar-refractivity contribution in [2.24, 2.45) is 4.99 Å². The van der Waals surface area contributed by atoms with Crippen molar-refractivity contribution in [3.8, 4) is 0 Å². The monoisotopic (exact) mass is 285 g/mol. The summed E-state index contributed by atoms with van der Waals surface area (Å²) < 4.78 is 0. The highest BCUT2D eigenvalue weighted by Gasteiger charge is 2.17. The number of benzene rings is 3. The second-order valence-corrected chi connectivity index (χ2v) is 6.08. The first-order chi connectivity index (χ1) is 10.8. The lowest BCUT2D eigenvalue weighted by Crippen LogP contribution is -2.07. The van der Waals surface area contributed by atoms with Gasteiger partial charge in [0.15, 0.2) is 0 Å². The van der Waals surface area contributed by atoms with Gasteiger partial charge in [-0.2, -0.15) is 0 Å². The Balaban J connectivity index is 1.91. The van der Waals surface area contributed by atoms with Gasteiger partial charge in [-0.05, 0) is 42.2 Å². The standard InChI is InChI=1S/C21H19N/c1-15-10-11-17-7-4-5-9-20(17)21(22-15)19-13-12-16-6-2-3-8-18(16)14-19/h2-9,12-15H,10-11H2,1H3. The Hall–Kier alpha value is -2.41. The van der Waals surface area contributed by atoms with Gasteiger partial charge in [-0.3, -0.25) is 4.99 Å². The molecule has 0 fully saturated rings. The van der Waals surface area contributed by atoms with Crippen LogP contribution in [0.5, 0.6) is 0 Å². The molecule has 1 aliphatic heterocycles. The maximum atomic E-state index is 5.01. The predicted octanol–water partition coefficient (Wildman–Crippen LogP) is 5.01. The van der Waals surface area contributed by atoms with Gasteiger partial charge in [0.25, 0.3) is 0 Å². The van der Waals surface area contributed by atoms with Gasteiger partial charge >= 0.3 is 0 Å². The summed E-state index contributed by atoms with van der Waals surface area (Å²) in [4.78, 5) is 5.01. The highest BCUT2D eigenvalue weighted by molar-refractivity contribution is 6.15. The fraction of sp³-hybridized carbons (Fsp3) is 0.190. The average Bonchev–Trinajstić information content (AvgIpc) is 2.74. The number of aryl methyl sites for hydroxylation is 1. The Morgan fingerprint density at radius 2 is 1.64 bits per heavy atom. The van der Waals surface area contributed by atoms with Gasteiger partial charge in [-0.15, -0.1) is 0 Å². The SMILES string of the molecule is CC1CCc2ccccc2C(c2ccc3ccccc3c2)=N1. The van der Waals surface area contributed by atoms with Crippen molar-refractivity contribution < 1.29 is 0 Å². The Bertz CT molecular complexity index is 860. The van der Waals surface area contributed by atoms with Crippen LogP contribution in [0.3, 0.4) is 0 Å². The number of hydrogen-bond acceptors (Lipinski definition) is 1. The molecule has 0 N–H and O–H groups in total. The first-order valence-corrected chi connectivity index (χ1v) is 7.96. The van der Waals surface area contributed by atoms with Gasteiger partial charge in [0, 0.05) is 17.2 Å². The van der Waals surface area contributed by atoms with Crippen LogP contribution >= 0.6 is 0 Å². The van der Waals surface area contributed by atoms with Crippen LogP contribution in [0.25, 0.3) is 10.8 Å². The topological polar surface area (TPSA) is 12.4 Å². The molecule has 1 atom stereocenters. The molecule has 1 heteroatoms. The van der Waals surface area contributed by atoms with E-state index in [0.717, 1.165) is 18.6 Å². The Morgan fingerprint density at radius 3 is 2.55 bits per heavy atom. The van der Waals surface area contributed by atoms with Crippen LogP contribution < -0.4 is 0 Å². The van der Waals surface area contributed by atoms with E-state index in [1.165, 1.54) is 27.5 Å². The van der Waals surface area contributed by atoms with Crippen molar-refractivity contribution in [1.29, 1.82) is 0 Å². The van der Waals surface area contributed by atoms with Gasteiger partial charge in [-0.25, -0.2) is 0 Å². The zero-order valence-corrected chi connectivity index (χ0v) is 12.8. The first-order valence-electron chi connectivity index (χ1n) is 7.96. The van der Waals surface area contributed by atoms with Crippen LogP contribution in [-0.4, -0.2) is 11.8 Å². The highest BCUT2D eigenvalue weighted by atomic mass is 14.8. The summed E-state index contributed by atoms with van der Waals surface area (Å²) in [5.41, 5.74) is 5.08. The molecule has 3 aromatic carbocycles. The molecule has 0 amide bonds. The molecule has 4 rings (SSSR count). The molecule has 108 valence electrons. The lowest BCUT2D eigenvalue weighted by atomic mass is 9.95. The molecule has 1 aliphatic rings. The third-order valence-electron chi connectivity index (χ3n) is 4.48. The first kappa shape index (κ1) is 13.3. The highest BCUT2D eigenvalue weighted by Crippen LogP contribution is 2.25. The molecule has 0 spiro atoms. The predicted molar refractivity (Wildman–Crippen MR) is 93.8 cm³/mol. The molecule has 0 bridgehead atoms. The number of aliphatic imine (C=N–C) groups is 1. The summed E-state index contributed by atoms with van der Waals surface area (Å²) in [5.74, 6) is 0. The average molecular weight is 285 g/mol. The van der Waals surface area contributed by atoms with Gasteiger partial charge < -0.3 is 0 Å². The summed E-state index contributed by atoms with van der Waals surface area (Å²) in [6.45, 7) is 2.22. The van der Waals surface area contributed by atoms with Crippen molar-refractivity contribution in [2.75, 3.05) is 0 Å². The summed E-state index contributed by atoms with van der Waals surface area (Å²) >= 11 is 0. The van der Waals surface area contributed by atoms with Crippen LogP contribution in [0, 0.1) is 0 Å². The number of rotatable bonds is 1. The largest absolute Gasteiger partial charge is 0.281 e. The molecule has 0 aliphatic carbocycles. The lowest BCUT2D eigenvalue weighted by molar-refractivity contribution is 0.676. The number of nitrogens with zero attached hydrogens (tertiary/aromatic N) is 1. The van der Waals surface area contributed by atoms with Crippen molar-refractivity contribution in [1.82, 2.24) is 0 Å². The van der Waals surface area contributed by atoms with Gasteiger partial charge in [0.05, 0.1) is 5.71 Å². The number of fused-ring (bicyclic) bond motifs is 2. The van der Waals surface area contributed by atoms with E-state index in [4.69, 9.17) is 4.99 Å². The molecule has 0 radical (unpaired) electrons. The maximum absolute atomic E-state index is 5.01. The summed E-state index contributed by atoms with van der Waals surface area (Å²) in [5, 5.41) is 2.55. The van der Waals surface area contributed by atoms with Crippen LogP contribution in [-0.2, 0) is 6.42 Å². The molecule has 1 unspecified atom stereocenters. The Morgan fingerprint density at radius 1 is 0.864 bits per heavy atom. The minimum atomic E-state index is 0.369. The zero-order valence-electron chi connectivity index (χ0n) is 12.8. The molecule has 3 aromatic rings. The summed E-state index contributed by atoms with van der Waals surface area (Å²) in [6.07, 6.45) is 2.23. The quantitative estimate of drug-likeness (QED) is 0.596. The van der Waals surface area contributed by atoms with Gasteiger partial charge in [0.2, 0.25) is 0 Å². The molecule has 22 heavy (non-hydrogen) atoms. The fourth-order valence-electron chi connectivity index (χ4n) is 3.25. The summed E-state index contributed by atoms with van der Waals surface area (Å²) in [6, 6.07) is 24.2. The van der Waals surface area contributed by atoms with E-state index in [1.807, 2.05) is 0 Å². The lowest BCUT2D eigenvalue weighted by Gasteiger charge is -2.11. The summed E-state index contributed by atoms with van der Waals surface area (Å²) in [7, 11) is 0. The minimum Gasteiger partial charge on any atom is -0.281 e. The molecular weight excluding hydrogens is 266 g/mol. The Labute approximate surface area is 131 Å². The molecule has 1 nitrogen and oxygen atoms in total. The maximum Gasteiger partial charge on any atom is 0.0725 e. The minimum absolute atomic E-state index is 0.369. The van der Waals surface area contributed by atoms with Crippen LogP contribution in [0.15, 0.2) is 71.7 Å². The van der Waals surface area contributed by atoms with E-state index in [0.29, 0.717) is 6.04 Å². The smallest absolute Gasteiger partial charge is 0.0725 e. The molecule has 0 saturated carbocycles. The fourth-order valence-corrected chi connectivity index (χ4v) is 3.25. The van der Waals surface area contributed by atoms with E-state index in [-0.39, 0.29) is 0 Å². The van der Waals surface area contributed by atoms with Crippen molar-refractivity contribution in [3.63, 3.8) is 0 Å². The van der Waals surface area contributed by atoms with Gasteiger partial charge in [-0.1, -0.05) is 60.7 Å². The second kappa shape index (κ2) is 5.42. The zero-order chi connectivity index (χ0) is 14.9. The molecular formula is C21H19N. The van der Waals surface area contributed by atoms with E-state index >= 15 is 0 Å². The van der Waals surface area contributed by atoms with E-state index in [9.17, 15) is 0 Å². The van der Waals surface area contributed by atoms with Crippen LogP contribution in [0.4, 0.5) is 0 Å². The number of hydrogen-bond donors (Lipinski definition) is 0. The molecule has 1 heterocycles. The molecule has 0 aromatic heterocycles. The third kappa shape index (κ3) is 2.33. The normalized spacial score (nSPS) is 17.7. The van der Waals surface area contributed by atoms with Gasteiger partial charge in [0.1, 0.15) is 0 Å². The van der Waals surface area contributed by atoms with Crippen molar-refractivity contribution in [3.05, 3.63) is 83.4 Å². The van der Waals surface area contributed by atoms with Crippen LogP contribution in [0.1, 0.15) is 30.0 Å². The van der Waals surface area contributed by atoms with E-state index in [1.54, 1.807) is 0 Å². The second-order valence-electron chi connectivity index (χ2n) is 6.08. The van der Waals surface area contributed by atoms with E-state index < -0.39 is 0 Å². The van der Waals surface area contributed by atoms with Crippen molar-refractivity contribution in [2.45, 2.75) is 25.8 Å². The Kier molecular flexibility index (Phi) is 3.27. The van der Waals surface area contributed by atoms with Crippen molar-refractivity contribution >= 4 is 16.5 Å². The third-order valence-corrected chi connectivity index (χ3v) is 4.48.